The van der Waals surface area contributed by atoms with E-state index in [0.29, 0.717) is 6.04 Å². The Morgan fingerprint density at radius 3 is 2.64 bits per heavy atom. The molecule has 2 aromatic carbocycles. The van der Waals surface area contributed by atoms with Gasteiger partial charge in [-0.15, -0.1) is 0 Å². The highest BCUT2D eigenvalue weighted by molar-refractivity contribution is 5.77. The van der Waals surface area contributed by atoms with Crippen molar-refractivity contribution in [1.29, 1.82) is 0 Å². The van der Waals surface area contributed by atoms with E-state index >= 15 is 0 Å². The lowest BCUT2D eigenvalue weighted by Gasteiger charge is -2.16. The van der Waals surface area contributed by atoms with E-state index in [1.54, 1.807) is 0 Å². The van der Waals surface area contributed by atoms with E-state index in [2.05, 4.69) is 52.2 Å². The highest BCUT2D eigenvalue weighted by Crippen LogP contribution is 2.27. The van der Waals surface area contributed by atoms with Crippen molar-refractivity contribution in [3.63, 3.8) is 0 Å². The summed E-state index contributed by atoms with van der Waals surface area (Å²) in [5.41, 5.74) is 9.89. The summed E-state index contributed by atoms with van der Waals surface area (Å²) in [6, 6.07) is 12.3. The summed E-state index contributed by atoms with van der Waals surface area (Å²) in [6.07, 6.45) is 9.41. The average Bonchev–Trinajstić information content (AvgIpc) is 3.23. The van der Waals surface area contributed by atoms with Gasteiger partial charge in [0.1, 0.15) is 0 Å². The topological polar surface area (TPSA) is 29.9 Å². The number of hydrogen-bond donors (Lipinski definition) is 1. The summed E-state index contributed by atoms with van der Waals surface area (Å²) >= 11 is 0. The molecule has 0 radical (unpaired) electrons. The van der Waals surface area contributed by atoms with E-state index in [0.717, 1.165) is 24.9 Å². The van der Waals surface area contributed by atoms with Crippen LogP contribution in [0.25, 0.3) is 11.0 Å². The number of imidazole rings is 1. The summed E-state index contributed by atoms with van der Waals surface area (Å²) in [6.45, 7) is 0.910. The molecule has 0 spiro atoms. The second-order valence-corrected chi connectivity index (χ2v) is 7.69. The fourth-order valence-electron chi connectivity index (χ4n) is 4.58. The third-order valence-electron chi connectivity index (χ3n) is 6.05. The Balaban J connectivity index is 1.47. The molecule has 1 unspecified atom stereocenters. The number of aromatic nitrogens is 2. The summed E-state index contributed by atoms with van der Waals surface area (Å²) < 4.78 is 2.32. The summed E-state index contributed by atoms with van der Waals surface area (Å²) in [5.74, 6) is 0. The first-order valence-electron chi connectivity index (χ1n) is 9.55. The normalized spacial score (nSPS) is 19.2. The summed E-state index contributed by atoms with van der Waals surface area (Å²) in [7, 11) is 2.07. The Labute approximate surface area is 149 Å². The first-order chi connectivity index (χ1) is 12.3. The third kappa shape index (κ3) is 2.67. The molecule has 128 valence electrons. The average molecular weight is 331 g/mol. The van der Waals surface area contributed by atoms with Crippen LogP contribution in [0.1, 0.15) is 40.7 Å². The minimum atomic E-state index is 0.603. The van der Waals surface area contributed by atoms with Crippen molar-refractivity contribution in [3.05, 3.63) is 64.5 Å². The van der Waals surface area contributed by atoms with Crippen LogP contribution in [0.2, 0.25) is 0 Å². The van der Waals surface area contributed by atoms with Crippen LogP contribution in [-0.4, -0.2) is 22.6 Å². The molecule has 1 aromatic heterocycles. The lowest BCUT2D eigenvalue weighted by atomic mass is 9.91. The molecule has 1 heterocycles. The van der Waals surface area contributed by atoms with Gasteiger partial charge in [-0.05, 0) is 85.5 Å². The highest BCUT2D eigenvalue weighted by atomic mass is 15.0. The fourth-order valence-corrected chi connectivity index (χ4v) is 4.58. The Kier molecular flexibility index (Phi) is 3.63. The maximum Gasteiger partial charge on any atom is 0.0961 e. The van der Waals surface area contributed by atoms with E-state index in [-0.39, 0.29) is 0 Å². The van der Waals surface area contributed by atoms with Gasteiger partial charge in [-0.1, -0.05) is 18.2 Å². The summed E-state index contributed by atoms with van der Waals surface area (Å²) in [4.78, 5) is 4.67. The number of benzene rings is 2. The molecule has 1 N–H and O–H groups in total. The van der Waals surface area contributed by atoms with Crippen molar-refractivity contribution < 1.29 is 0 Å². The molecular weight excluding hydrogens is 306 g/mol. The first kappa shape index (κ1) is 15.2. The smallest absolute Gasteiger partial charge is 0.0961 e. The van der Waals surface area contributed by atoms with Crippen LogP contribution in [0.3, 0.4) is 0 Å². The molecule has 0 fully saturated rings. The molecule has 3 aromatic rings. The predicted octanol–water partition coefficient (Wildman–Crippen LogP) is 3.65. The van der Waals surface area contributed by atoms with Gasteiger partial charge in [0.25, 0.3) is 0 Å². The minimum Gasteiger partial charge on any atom is -0.326 e. The first-order valence-corrected chi connectivity index (χ1v) is 9.55. The minimum absolute atomic E-state index is 0.603. The second kappa shape index (κ2) is 5.99. The number of likely N-dealkylation sites (N-methyl/N-ethyl adjacent to an activating group) is 1. The van der Waals surface area contributed by atoms with Gasteiger partial charge < -0.3 is 9.88 Å². The van der Waals surface area contributed by atoms with Crippen LogP contribution in [0.4, 0.5) is 0 Å². The largest absolute Gasteiger partial charge is 0.326 e. The van der Waals surface area contributed by atoms with Crippen molar-refractivity contribution in [3.8, 4) is 0 Å². The quantitative estimate of drug-likeness (QED) is 0.794. The maximum absolute atomic E-state index is 4.67. The standard InChI is InChI=1S/C22H25N3/c1-23-20-9-18-7-6-15(8-19(18)10-20)13-25-14-24-21-11-16-4-2-3-5-17(16)12-22(21)25/h6-8,11-12,14,20,23H,2-5,9-10,13H2,1H3. The van der Waals surface area contributed by atoms with Crippen LogP contribution in [0.5, 0.6) is 0 Å². The van der Waals surface area contributed by atoms with Crippen molar-refractivity contribution >= 4 is 11.0 Å². The zero-order valence-corrected chi connectivity index (χ0v) is 14.9. The van der Waals surface area contributed by atoms with Crippen molar-refractivity contribution in [1.82, 2.24) is 14.9 Å². The van der Waals surface area contributed by atoms with Crippen molar-refractivity contribution in [2.45, 2.75) is 51.1 Å². The Hall–Kier alpha value is -2.13. The Bertz CT molecular complexity index is 938. The molecule has 0 saturated heterocycles. The fraction of sp³-hybridized carbons (Fsp3) is 0.409. The van der Waals surface area contributed by atoms with Crippen LogP contribution < -0.4 is 5.32 Å². The molecule has 2 aliphatic carbocycles. The lowest BCUT2D eigenvalue weighted by Crippen LogP contribution is -2.24. The molecule has 25 heavy (non-hydrogen) atoms. The number of fused-ring (bicyclic) bond motifs is 3. The van der Waals surface area contributed by atoms with E-state index in [1.165, 1.54) is 59.0 Å². The molecule has 1 atom stereocenters. The van der Waals surface area contributed by atoms with Gasteiger partial charge in [0, 0.05) is 12.6 Å². The third-order valence-corrected chi connectivity index (χ3v) is 6.05. The lowest BCUT2D eigenvalue weighted by molar-refractivity contribution is 0.593. The highest BCUT2D eigenvalue weighted by Gasteiger charge is 2.20. The zero-order chi connectivity index (χ0) is 16.8. The van der Waals surface area contributed by atoms with E-state index in [4.69, 9.17) is 0 Å². The number of nitrogens with zero attached hydrogens (tertiary/aromatic N) is 2. The Morgan fingerprint density at radius 2 is 1.80 bits per heavy atom. The molecule has 0 saturated carbocycles. The maximum atomic E-state index is 4.67. The molecule has 0 aliphatic heterocycles. The number of nitrogens with one attached hydrogen (secondary N) is 1. The van der Waals surface area contributed by atoms with Crippen LogP contribution >= 0.6 is 0 Å². The van der Waals surface area contributed by atoms with Gasteiger partial charge >= 0.3 is 0 Å². The summed E-state index contributed by atoms with van der Waals surface area (Å²) in [5, 5.41) is 3.41. The molecule has 5 rings (SSSR count). The molecule has 0 bridgehead atoms. The predicted molar refractivity (Wildman–Crippen MR) is 102 cm³/mol. The van der Waals surface area contributed by atoms with Crippen LogP contribution in [-0.2, 0) is 32.2 Å². The van der Waals surface area contributed by atoms with Gasteiger partial charge in [0.15, 0.2) is 0 Å². The van der Waals surface area contributed by atoms with Gasteiger partial charge in [0.05, 0.1) is 17.4 Å². The SMILES string of the molecule is CNC1Cc2ccc(Cn3cnc4cc5c(cc43)CCCC5)cc2C1. The van der Waals surface area contributed by atoms with Crippen molar-refractivity contribution in [2.75, 3.05) is 7.05 Å². The van der Waals surface area contributed by atoms with Gasteiger partial charge in [-0.2, -0.15) is 0 Å². The zero-order valence-electron chi connectivity index (χ0n) is 14.9. The molecule has 0 amide bonds. The number of aryl methyl sites for hydroxylation is 2. The number of hydrogen-bond acceptors (Lipinski definition) is 2. The van der Waals surface area contributed by atoms with Gasteiger partial charge in [-0.25, -0.2) is 4.98 Å². The van der Waals surface area contributed by atoms with Gasteiger partial charge in [0.2, 0.25) is 0 Å². The number of rotatable bonds is 3. The van der Waals surface area contributed by atoms with E-state index in [9.17, 15) is 0 Å². The van der Waals surface area contributed by atoms with Crippen molar-refractivity contribution in [2.24, 2.45) is 0 Å². The van der Waals surface area contributed by atoms with Crippen LogP contribution in [0, 0.1) is 0 Å². The van der Waals surface area contributed by atoms with E-state index < -0.39 is 0 Å². The molecule has 3 nitrogen and oxygen atoms in total. The molecule has 2 aliphatic rings. The Morgan fingerprint density at radius 1 is 1.00 bits per heavy atom. The molecular formula is C22H25N3. The monoisotopic (exact) mass is 331 g/mol. The van der Waals surface area contributed by atoms with Crippen LogP contribution in [0.15, 0.2) is 36.7 Å². The van der Waals surface area contributed by atoms with Gasteiger partial charge in [-0.3, -0.25) is 0 Å². The second-order valence-electron chi connectivity index (χ2n) is 7.69. The molecule has 3 heteroatoms. The van der Waals surface area contributed by atoms with E-state index in [1.807, 2.05) is 6.33 Å².